The number of para-hydroxylation sites is 1. The van der Waals surface area contributed by atoms with Crippen molar-refractivity contribution in [1.29, 1.82) is 0 Å². The van der Waals surface area contributed by atoms with Crippen molar-refractivity contribution in [2.75, 3.05) is 31.2 Å². The molecule has 1 saturated heterocycles. The highest BCUT2D eigenvalue weighted by molar-refractivity contribution is 6.35. The van der Waals surface area contributed by atoms with Crippen LogP contribution < -0.4 is 4.90 Å². The average molecular weight is 238 g/mol. The molecule has 1 fully saturated rings. The van der Waals surface area contributed by atoms with Crippen LogP contribution in [-0.2, 0) is 4.74 Å². The molecule has 0 radical (unpaired) electrons. The minimum atomic E-state index is 0.713. The molecule has 0 spiro atoms. The van der Waals surface area contributed by atoms with Crippen LogP contribution in [0.1, 0.15) is 0 Å². The predicted octanol–water partition coefficient (Wildman–Crippen LogP) is 2.05. The summed E-state index contributed by atoms with van der Waals surface area (Å²) in [5.74, 6) is 0.973. The van der Waals surface area contributed by atoms with Crippen molar-refractivity contribution in [3.8, 4) is 0 Å². The van der Waals surface area contributed by atoms with Gasteiger partial charge in [0.2, 0.25) is 0 Å². The SMILES string of the molecule is Clc1cccc2c(N3CCOCC3)n[nH]c12. The highest BCUT2D eigenvalue weighted by Gasteiger charge is 2.17. The summed E-state index contributed by atoms with van der Waals surface area (Å²) in [6.07, 6.45) is 0. The van der Waals surface area contributed by atoms with Crippen LogP contribution in [0.4, 0.5) is 5.82 Å². The molecule has 0 unspecified atom stereocenters. The van der Waals surface area contributed by atoms with E-state index in [2.05, 4.69) is 15.1 Å². The lowest BCUT2D eigenvalue weighted by atomic mass is 10.2. The van der Waals surface area contributed by atoms with Crippen molar-refractivity contribution in [2.24, 2.45) is 0 Å². The molecule has 84 valence electrons. The summed E-state index contributed by atoms with van der Waals surface area (Å²) in [4.78, 5) is 2.22. The molecule has 2 aromatic rings. The zero-order chi connectivity index (χ0) is 11.0. The van der Waals surface area contributed by atoms with Gasteiger partial charge in [-0.1, -0.05) is 17.7 Å². The normalized spacial score (nSPS) is 16.9. The first-order chi connectivity index (χ1) is 7.86. The Balaban J connectivity index is 2.06. The maximum Gasteiger partial charge on any atom is 0.158 e. The summed E-state index contributed by atoms with van der Waals surface area (Å²) >= 11 is 6.09. The second-order valence-corrected chi connectivity index (χ2v) is 4.22. The molecule has 1 aromatic heterocycles. The molecule has 2 heterocycles. The molecule has 1 aliphatic rings. The molecule has 3 rings (SSSR count). The first-order valence-corrected chi connectivity index (χ1v) is 5.69. The van der Waals surface area contributed by atoms with Gasteiger partial charge in [0.25, 0.3) is 0 Å². The van der Waals surface area contributed by atoms with Crippen molar-refractivity contribution in [1.82, 2.24) is 10.2 Å². The highest BCUT2D eigenvalue weighted by atomic mass is 35.5. The van der Waals surface area contributed by atoms with Crippen molar-refractivity contribution < 1.29 is 4.74 Å². The van der Waals surface area contributed by atoms with Crippen LogP contribution >= 0.6 is 11.6 Å². The van der Waals surface area contributed by atoms with Gasteiger partial charge >= 0.3 is 0 Å². The van der Waals surface area contributed by atoms with E-state index < -0.39 is 0 Å². The summed E-state index contributed by atoms with van der Waals surface area (Å²) in [6.45, 7) is 3.28. The van der Waals surface area contributed by atoms with E-state index in [4.69, 9.17) is 16.3 Å². The van der Waals surface area contributed by atoms with Crippen LogP contribution in [-0.4, -0.2) is 36.5 Å². The Labute approximate surface area is 98.1 Å². The van der Waals surface area contributed by atoms with E-state index in [1.54, 1.807) is 0 Å². The molecule has 16 heavy (non-hydrogen) atoms. The topological polar surface area (TPSA) is 41.1 Å². The van der Waals surface area contributed by atoms with Crippen LogP contribution in [0, 0.1) is 0 Å². The van der Waals surface area contributed by atoms with Crippen LogP contribution in [0.2, 0.25) is 5.02 Å². The number of aromatic amines is 1. The Morgan fingerprint density at radius 2 is 2.12 bits per heavy atom. The first kappa shape index (κ1) is 9.93. The van der Waals surface area contributed by atoms with Gasteiger partial charge in [-0.15, -0.1) is 0 Å². The number of ether oxygens (including phenoxy) is 1. The summed E-state index contributed by atoms with van der Waals surface area (Å²) in [6, 6.07) is 5.85. The minimum absolute atomic E-state index is 0.713. The van der Waals surface area contributed by atoms with E-state index >= 15 is 0 Å². The van der Waals surface area contributed by atoms with Gasteiger partial charge in [0, 0.05) is 18.5 Å². The van der Waals surface area contributed by atoms with Gasteiger partial charge in [0.1, 0.15) is 0 Å². The zero-order valence-corrected chi connectivity index (χ0v) is 9.50. The summed E-state index contributed by atoms with van der Waals surface area (Å²) in [5, 5.41) is 9.12. The maximum atomic E-state index is 6.09. The number of fused-ring (bicyclic) bond motifs is 1. The molecule has 1 N–H and O–H groups in total. The fraction of sp³-hybridized carbons (Fsp3) is 0.364. The van der Waals surface area contributed by atoms with E-state index in [0.29, 0.717) is 5.02 Å². The number of H-pyrrole nitrogens is 1. The Kier molecular flexibility index (Phi) is 2.46. The molecule has 0 bridgehead atoms. The lowest BCUT2D eigenvalue weighted by Gasteiger charge is -2.26. The average Bonchev–Trinajstić information content (AvgIpc) is 2.75. The second kappa shape index (κ2) is 3.96. The van der Waals surface area contributed by atoms with Gasteiger partial charge in [-0.05, 0) is 12.1 Å². The van der Waals surface area contributed by atoms with Crippen molar-refractivity contribution in [3.63, 3.8) is 0 Å². The van der Waals surface area contributed by atoms with Gasteiger partial charge in [-0.2, -0.15) is 5.10 Å². The van der Waals surface area contributed by atoms with E-state index in [1.807, 2.05) is 18.2 Å². The van der Waals surface area contributed by atoms with Gasteiger partial charge in [-0.25, -0.2) is 0 Å². The molecule has 0 amide bonds. The minimum Gasteiger partial charge on any atom is -0.378 e. The summed E-state index contributed by atoms with van der Waals surface area (Å²) in [5.41, 5.74) is 0.908. The maximum absolute atomic E-state index is 6.09. The van der Waals surface area contributed by atoms with Gasteiger partial charge in [-0.3, -0.25) is 5.10 Å². The summed E-state index contributed by atoms with van der Waals surface area (Å²) in [7, 11) is 0. The smallest absolute Gasteiger partial charge is 0.158 e. The Hall–Kier alpha value is -1.26. The molecule has 4 nitrogen and oxygen atoms in total. The number of halogens is 1. The number of anilines is 1. The van der Waals surface area contributed by atoms with E-state index in [0.717, 1.165) is 43.0 Å². The standard InChI is InChI=1S/C11H12ClN3O/c12-9-3-1-2-8-10(9)13-14-11(8)15-4-6-16-7-5-15/h1-3H,4-7H2,(H,13,14). The molecular weight excluding hydrogens is 226 g/mol. The third kappa shape index (κ3) is 1.54. The van der Waals surface area contributed by atoms with Gasteiger partial charge in [0.15, 0.2) is 5.82 Å². The quantitative estimate of drug-likeness (QED) is 0.826. The Morgan fingerprint density at radius 1 is 1.31 bits per heavy atom. The lowest BCUT2D eigenvalue weighted by molar-refractivity contribution is 0.122. The Morgan fingerprint density at radius 3 is 2.94 bits per heavy atom. The zero-order valence-electron chi connectivity index (χ0n) is 8.74. The predicted molar refractivity (Wildman–Crippen MR) is 64.1 cm³/mol. The molecule has 0 saturated carbocycles. The number of rotatable bonds is 1. The number of nitrogens with zero attached hydrogens (tertiary/aromatic N) is 2. The number of hydrogen-bond donors (Lipinski definition) is 1. The second-order valence-electron chi connectivity index (χ2n) is 3.81. The van der Waals surface area contributed by atoms with Crippen molar-refractivity contribution >= 4 is 28.3 Å². The molecule has 0 aliphatic carbocycles. The molecule has 1 aliphatic heterocycles. The molecular formula is C11H12ClN3O. The Bertz CT molecular complexity index is 505. The number of aromatic nitrogens is 2. The fourth-order valence-electron chi connectivity index (χ4n) is 2.01. The van der Waals surface area contributed by atoms with Crippen molar-refractivity contribution in [3.05, 3.63) is 23.2 Å². The third-order valence-corrected chi connectivity index (χ3v) is 3.15. The summed E-state index contributed by atoms with van der Waals surface area (Å²) < 4.78 is 5.33. The third-order valence-electron chi connectivity index (χ3n) is 2.84. The van der Waals surface area contributed by atoms with Crippen LogP contribution in [0.15, 0.2) is 18.2 Å². The monoisotopic (exact) mass is 237 g/mol. The molecule has 1 aromatic carbocycles. The van der Waals surface area contributed by atoms with E-state index in [1.165, 1.54) is 0 Å². The van der Waals surface area contributed by atoms with Crippen LogP contribution in [0.25, 0.3) is 10.9 Å². The van der Waals surface area contributed by atoms with E-state index in [-0.39, 0.29) is 0 Å². The van der Waals surface area contributed by atoms with Gasteiger partial charge in [0.05, 0.1) is 23.8 Å². The fourth-order valence-corrected chi connectivity index (χ4v) is 2.23. The molecule has 5 heteroatoms. The van der Waals surface area contributed by atoms with Crippen LogP contribution in [0.5, 0.6) is 0 Å². The number of nitrogens with one attached hydrogen (secondary N) is 1. The number of hydrogen-bond acceptors (Lipinski definition) is 3. The highest BCUT2D eigenvalue weighted by Crippen LogP contribution is 2.28. The lowest BCUT2D eigenvalue weighted by Crippen LogP contribution is -2.36. The van der Waals surface area contributed by atoms with Crippen LogP contribution in [0.3, 0.4) is 0 Å². The molecule has 0 atom stereocenters. The number of benzene rings is 1. The van der Waals surface area contributed by atoms with E-state index in [9.17, 15) is 0 Å². The van der Waals surface area contributed by atoms with Gasteiger partial charge < -0.3 is 9.64 Å². The largest absolute Gasteiger partial charge is 0.378 e. The first-order valence-electron chi connectivity index (χ1n) is 5.31. The number of morpholine rings is 1. The van der Waals surface area contributed by atoms with Crippen molar-refractivity contribution in [2.45, 2.75) is 0 Å².